The summed E-state index contributed by atoms with van der Waals surface area (Å²) in [6.07, 6.45) is 1.56. The number of anilines is 1. The highest BCUT2D eigenvalue weighted by atomic mass is 32.2. The zero-order valence-electron chi connectivity index (χ0n) is 13.4. The summed E-state index contributed by atoms with van der Waals surface area (Å²) in [6.45, 7) is 5.20. The van der Waals surface area contributed by atoms with Crippen molar-refractivity contribution in [2.75, 3.05) is 24.7 Å². The number of carbonyl (C=O) groups excluding carboxylic acids is 1. The Morgan fingerprint density at radius 3 is 2.87 bits per heavy atom. The maximum Gasteiger partial charge on any atom is 0.240 e. The lowest BCUT2D eigenvalue weighted by molar-refractivity contribution is -0.116. The lowest BCUT2D eigenvalue weighted by Gasteiger charge is -2.20. The Hall–Kier alpha value is -1.44. The van der Waals surface area contributed by atoms with Gasteiger partial charge in [0, 0.05) is 31.8 Å². The Morgan fingerprint density at radius 2 is 2.22 bits per heavy atom. The van der Waals surface area contributed by atoms with Crippen LogP contribution in [0.4, 0.5) is 5.69 Å². The van der Waals surface area contributed by atoms with Crippen LogP contribution >= 0.6 is 0 Å². The number of fused-ring (bicyclic) bond motifs is 1. The molecule has 0 unspecified atom stereocenters. The molecule has 1 aromatic rings. The Labute approximate surface area is 136 Å². The van der Waals surface area contributed by atoms with Gasteiger partial charge < -0.3 is 9.64 Å². The maximum absolute atomic E-state index is 12.5. The Balaban J connectivity index is 1.79. The van der Waals surface area contributed by atoms with E-state index in [1.54, 1.807) is 23.1 Å². The van der Waals surface area contributed by atoms with Crippen molar-refractivity contribution in [2.24, 2.45) is 5.92 Å². The minimum atomic E-state index is -3.53. The number of amides is 1. The first-order chi connectivity index (χ1) is 10.9. The number of hydrogen-bond donors (Lipinski definition) is 1. The van der Waals surface area contributed by atoms with Crippen LogP contribution in [-0.2, 0) is 26.0 Å². The standard InChI is InChI=1S/C16H22N2O4S/c1-11-7-14-8-15(3-4-16(14)18(11)12(2)19)23(20,21)17-9-13-5-6-22-10-13/h3-4,8,11,13,17H,5-7,9-10H2,1-2H3/t11-,13-/m1/s1. The zero-order chi connectivity index (χ0) is 16.6. The molecule has 1 amide bonds. The number of ether oxygens (including phenoxy) is 1. The third-order valence-corrected chi connectivity index (χ3v) is 5.92. The average molecular weight is 338 g/mol. The van der Waals surface area contributed by atoms with E-state index >= 15 is 0 Å². The van der Waals surface area contributed by atoms with Gasteiger partial charge in [0.25, 0.3) is 0 Å². The van der Waals surface area contributed by atoms with E-state index < -0.39 is 10.0 Å². The lowest BCUT2D eigenvalue weighted by atomic mass is 10.1. The highest BCUT2D eigenvalue weighted by Crippen LogP contribution is 2.33. The summed E-state index contributed by atoms with van der Waals surface area (Å²) in [7, 11) is -3.53. The lowest BCUT2D eigenvalue weighted by Crippen LogP contribution is -2.33. The molecule has 0 radical (unpaired) electrons. The number of benzene rings is 1. The fourth-order valence-electron chi connectivity index (χ4n) is 3.31. The van der Waals surface area contributed by atoms with Crippen molar-refractivity contribution < 1.29 is 17.9 Å². The second-order valence-electron chi connectivity index (χ2n) is 6.31. The topological polar surface area (TPSA) is 75.7 Å². The fraction of sp³-hybridized carbons (Fsp3) is 0.562. The highest BCUT2D eigenvalue weighted by molar-refractivity contribution is 7.89. The molecular weight excluding hydrogens is 316 g/mol. The highest BCUT2D eigenvalue weighted by Gasteiger charge is 2.30. The molecule has 2 aliphatic heterocycles. The number of nitrogens with one attached hydrogen (secondary N) is 1. The second-order valence-corrected chi connectivity index (χ2v) is 8.08. The van der Waals surface area contributed by atoms with Crippen molar-refractivity contribution in [3.05, 3.63) is 23.8 Å². The van der Waals surface area contributed by atoms with Gasteiger partial charge in [0.1, 0.15) is 0 Å². The van der Waals surface area contributed by atoms with Crippen LogP contribution in [0.5, 0.6) is 0 Å². The minimum Gasteiger partial charge on any atom is -0.381 e. The SMILES string of the molecule is CC(=O)N1c2ccc(S(=O)(=O)NC[C@H]3CCOC3)cc2C[C@H]1C. The third kappa shape index (κ3) is 3.27. The molecule has 7 heteroatoms. The van der Waals surface area contributed by atoms with Gasteiger partial charge in [0.15, 0.2) is 0 Å². The Kier molecular flexibility index (Phi) is 4.44. The summed E-state index contributed by atoms with van der Waals surface area (Å²) in [4.78, 5) is 13.7. The van der Waals surface area contributed by atoms with E-state index in [1.165, 1.54) is 6.92 Å². The van der Waals surface area contributed by atoms with E-state index in [0.717, 1.165) is 17.7 Å². The molecule has 126 valence electrons. The predicted octanol–water partition coefficient (Wildman–Crippen LogP) is 1.30. The van der Waals surface area contributed by atoms with Crippen LogP contribution in [0.2, 0.25) is 0 Å². The molecule has 2 aliphatic rings. The van der Waals surface area contributed by atoms with Crippen LogP contribution in [0.3, 0.4) is 0 Å². The molecule has 1 fully saturated rings. The summed E-state index contributed by atoms with van der Waals surface area (Å²) in [6, 6.07) is 5.04. The molecule has 0 aliphatic carbocycles. The number of sulfonamides is 1. The first-order valence-electron chi connectivity index (χ1n) is 7.88. The van der Waals surface area contributed by atoms with E-state index in [1.807, 2.05) is 6.92 Å². The summed E-state index contributed by atoms with van der Waals surface area (Å²) < 4.78 is 32.8. The molecule has 1 aromatic carbocycles. The quantitative estimate of drug-likeness (QED) is 0.898. The van der Waals surface area contributed by atoms with Gasteiger partial charge in [0.2, 0.25) is 15.9 Å². The molecule has 2 heterocycles. The van der Waals surface area contributed by atoms with E-state index in [2.05, 4.69) is 4.72 Å². The first kappa shape index (κ1) is 16.4. The Morgan fingerprint density at radius 1 is 1.43 bits per heavy atom. The summed E-state index contributed by atoms with van der Waals surface area (Å²) in [5.41, 5.74) is 1.72. The van der Waals surface area contributed by atoms with Crippen LogP contribution in [0.1, 0.15) is 25.8 Å². The molecule has 6 nitrogen and oxygen atoms in total. The summed E-state index contributed by atoms with van der Waals surface area (Å²) >= 11 is 0. The van der Waals surface area contributed by atoms with Gasteiger partial charge >= 0.3 is 0 Å². The molecular formula is C16H22N2O4S. The van der Waals surface area contributed by atoms with Crippen molar-refractivity contribution in [1.82, 2.24) is 4.72 Å². The second kappa shape index (κ2) is 6.22. The van der Waals surface area contributed by atoms with E-state index in [4.69, 9.17) is 4.74 Å². The molecule has 1 N–H and O–H groups in total. The maximum atomic E-state index is 12.5. The molecule has 0 spiro atoms. The molecule has 0 aromatic heterocycles. The van der Waals surface area contributed by atoms with Gasteiger partial charge in [-0.1, -0.05) is 0 Å². The zero-order valence-corrected chi connectivity index (χ0v) is 14.2. The first-order valence-corrected chi connectivity index (χ1v) is 9.37. The van der Waals surface area contributed by atoms with Crippen LogP contribution in [0, 0.1) is 5.92 Å². The van der Waals surface area contributed by atoms with Gasteiger partial charge in [-0.05, 0) is 49.4 Å². The van der Waals surface area contributed by atoms with Crippen molar-refractivity contribution >= 4 is 21.6 Å². The molecule has 0 bridgehead atoms. The smallest absolute Gasteiger partial charge is 0.240 e. The molecule has 0 saturated carbocycles. The fourth-order valence-corrected chi connectivity index (χ4v) is 4.48. The molecule has 23 heavy (non-hydrogen) atoms. The summed E-state index contributed by atoms with van der Waals surface area (Å²) in [5, 5.41) is 0. The van der Waals surface area contributed by atoms with Crippen LogP contribution in [0.15, 0.2) is 23.1 Å². The normalized spacial score (nSPS) is 24.0. The van der Waals surface area contributed by atoms with E-state index in [-0.39, 0.29) is 22.8 Å². The van der Waals surface area contributed by atoms with Crippen LogP contribution in [-0.4, -0.2) is 40.1 Å². The number of hydrogen-bond acceptors (Lipinski definition) is 4. The van der Waals surface area contributed by atoms with Crippen molar-refractivity contribution in [3.8, 4) is 0 Å². The van der Waals surface area contributed by atoms with Gasteiger partial charge in [-0.3, -0.25) is 4.79 Å². The van der Waals surface area contributed by atoms with Crippen molar-refractivity contribution in [3.63, 3.8) is 0 Å². The van der Waals surface area contributed by atoms with Gasteiger partial charge in [0.05, 0.1) is 11.5 Å². The molecule has 2 atom stereocenters. The van der Waals surface area contributed by atoms with E-state index in [0.29, 0.717) is 26.2 Å². The number of nitrogens with zero attached hydrogens (tertiary/aromatic N) is 1. The summed E-state index contributed by atoms with van der Waals surface area (Å²) in [5.74, 6) is 0.221. The molecule has 3 rings (SSSR count). The average Bonchev–Trinajstić information content (AvgIpc) is 3.10. The Bertz CT molecular complexity index is 711. The minimum absolute atomic E-state index is 0.0220. The largest absolute Gasteiger partial charge is 0.381 e. The number of carbonyl (C=O) groups is 1. The van der Waals surface area contributed by atoms with E-state index in [9.17, 15) is 13.2 Å². The van der Waals surface area contributed by atoms with Crippen LogP contribution < -0.4 is 9.62 Å². The van der Waals surface area contributed by atoms with Crippen molar-refractivity contribution in [2.45, 2.75) is 37.6 Å². The number of rotatable bonds is 4. The third-order valence-electron chi connectivity index (χ3n) is 4.50. The van der Waals surface area contributed by atoms with Gasteiger partial charge in [-0.2, -0.15) is 0 Å². The van der Waals surface area contributed by atoms with Gasteiger partial charge in [-0.25, -0.2) is 13.1 Å². The molecule has 1 saturated heterocycles. The predicted molar refractivity (Wildman–Crippen MR) is 86.9 cm³/mol. The van der Waals surface area contributed by atoms with Crippen molar-refractivity contribution in [1.29, 1.82) is 0 Å². The van der Waals surface area contributed by atoms with Gasteiger partial charge in [-0.15, -0.1) is 0 Å². The van der Waals surface area contributed by atoms with Crippen LogP contribution in [0.25, 0.3) is 0 Å². The monoisotopic (exact) mass is 338 g/mol.